The van der Waals surface area contributed by atoms with Gasteiger partial charge in [0.15, 0.2) is 5.11 Å². The van der Waals surface area contributed by atoms with E-state index in [1.165, 1.54) is 31.7 Å². The molecule has 2 fully saturated rings. The number of benzene rings is 1. The zero-order valence-electron chi connectivity index (χ0n) is 10.9. The maximum Gasteiger partial charge on any atom is 0.170 e. The summed E-state index contributed by atoms with van der Waals surface area (Å²) < 4.78 is 13.5. The van der Waals surface area contributed by atoms with Gasteiger partial charge in [0, 0.05) is 6.54 Å². The van der Waals surface area contributed by atoms with Crippen molar-refractivity contribution < 1.29 is 4.39 Å². The van der Waals surface area contributed by atoms with Crippen molar-refractivity contribution in [3.05, 3.63) is 30.1 Å². The minimum atomic E-state index is -0.272. The van der Waals surface area contributed by atoms with Gasteiger partial charge >= 0.3 is 0 Å². The second-order valence-corrected chi connectivity index (χ2v) is 6.16. The number of hydrogen-bond acceptors (Lipinski definition) is 1. The van der Waals surface area contributed by atoms with Gasteiger partial charge < -0.3 is 10.6 Å². The van der Waals surface area contributed by atoms with Crippen LogP contribution in [0.15, 0.2) is 24.3 Å². The molecule has 19 heavy (non-hydrogen) atoms. The lowest BCUT2D eigenvalue weighted by Gasteiger charge is -2.22. The summed E-state index contributed by atoms with van der Waals surface area (Å²) in [7, 11) is 0. The summed E-state index contributed by atoms with van der Waals surface area (Å²) in [6.07, 6.45) is 5.53. The molecule has 102 valence electrons. The zero-order valence-corrected chi connectivity index (χ0v) is 11.7. The molecule has 0 saturated heterocycles. The third-order valence-electron chi connectivity index (χ3n) is 4.53. The van der Waals surface area contributed by atoms with Crippen molar-refractivity contribution in [2.24, 2.45) is 17.8 Å². The van der Waals surface area contributed by atoms with Crippen LogP contribution < -0.4 is 10.6 Å². The SMILES string of the molecule is Fc1ccccc1NC(=S)NC[C@H]1C[C@@H]2CC[C@@H]1C2. The highest BCUT2D eigenvalue weighted by atomic mass is 32.1. The van der Waals surface area contributed by atoms with Crippen molar-refractivity contribution in [3.63, 3.8) is 0 Å². The Kier molecular flexibility index (Phi) is 3.69. The van der Waals surface area contributed by atoms with Gasteiger partial charge in [0.1, 0.15) is 5.82 Å². The summed E-state index contributed by atoms with van der Waals surface area (Å²) in [4.78, 5) is 0. The summed E-state index contributed by atoms with van der Waals surface area (Å²) in [5.74, 6) is 2.31. The number of para-hydroxylation sites is 1. The standard InChI is InChI=1S/C15H19FN2S/c16-13-3-1-2-4-14(13)18-15(19)17-9-12-8-10-5-6-11(12)7-10/h1-4,10-12H,5-9H2,(H2,17,18,19)/t10-,11-,12-/m1/s1. The first-order chi connectivity index (χ1) is 9.22. The number of rotatable bonds is 3. The van der Waals surface area contributed by atoms with Crippen LogP contribution in [0.25, 0.3) is 0 Å². The van der Waals surface area contributed by atoms with Crippen molar-refractivity contribution in [3.8, 4) is 0 Å². The van der Waals surface area contributed by atoms with Gasteiger partial charge in [0.2, 0.25) is 0 Å². The quantitative estimate of drug-likeness (QED) is 0.827. The Labute approximate surface area is 118 Å². The predicted octanol–water partition coefficient (Wildman–Crippen LogP) is 3.55. The Bertz CT molecular complexity index is 477. The molecule has 0 spiro atoms. The smallest absolute Gasteiger partial charge is 0.170 e. The van der Waals surface area contributed by atoms with Crippen LogP contribution in [-0.2, 0) is 0 Å². The Morgan fingerprint density at radius 2 is 2.11 bits per heavy atom. The Hall–Kier alpha value is -1.16. The fraction of sp³-hybridized carbons (Fsp3) is 0.533. The number of anilines is 1. The zero-order chi connectivity index (χ0) is 13.2. The van der Waals surface area contributed by atoms with Crippen LogP contribution in [0.1, 0.15) is 25.7 Å². The predicted molar refractivity (Wildman–Crippen MR) is 79.6 cm³/mol. The maximum atomic E-state index is 13.5. The molecule has 1 aromatic rings. The van der Waals surface area contributed by atoms with E-state index in [4.69, 9.17) is 12.2 Å². The molecule has 2 aliphatic rings. The van der Waals surface area contributed by atoms with E-state index in [0.717, 1.165) is 24.3 Å². The molecule has 2 nitrogen and oxygen atoms in total. The third kappa shape index (κ3) is 2.89. The summed E-state index contributed by atoms with van der Waals surface area (Å²) >= 11 is 5.23. The maximum absolute atomic E-state index is 13.5. The average Bonchev–Trinajstić information content (AvgIpc) is 3.01. The van der Waals surface area contributed by atoms with E-state index < -0.39 is 0 Å². The lowest BCUT2D eigenvalue weighted by Crippen LogP contribution is -2.34. The monoisotopic (exact) mass is 278 g/mol. The number of halogens is 1. The molecule has 4 heteroatoms. The van der Waals surface area contributed by atoms with E-state index in [1.54, 1.807) is 18.2 Å². The second kappa shape index (κ2) is 5.45. The molecule has 2 bridgehead atoms. The van der Waals surface area contributed by atoms with Gasteiger partial charge in [-0.05, 0) is 61.4 Å². The second-order valence-electron chi connectivity index (χ2n) is 5.75. The van der Waals surface area contributed by atoms with E-state index >= 15 is 0 Å². The molecule has 1 aromatic carbocycles. The average molecular weight is 278 g/mol. The van der Waals surface area contributed by atoms with Crippen LogP contribution in [-0.4, -0.2) is 11.7 Å². The Morgan fingerprint density at radius 3 is 2.79 bits per heavy atom. The highest BCUT2D eigenvalue weighted by Crippen LogP contribution is 2.47. The van der Waals surface area contributed by atoms with Crippen molar-refractivity contribution in [2.75, 3.05) is 11.9 Å². The molecule has 2 saturated carbocycles. The minimum absolute atomic E-state index is 0.272. The van der Waals surface area contributed by atoms with Crippen LogP contribution in [0.4, 0.5) is 10.1 Å². The van der Waals surface area contributed by atoms with Crippen LogP contribution in [0.3, 0.4) is 0 Å². The molecule has 0 amide bonds. The lowest BCUT2D eigenvalue weighted by atomic mass is 9.89. The highest BCUT2D eigenvalue weighted by Gasteiger charge is 2.39. The van der Waals surface area contributed by atoms with Gasteiger partial charge in [-0.2, -0.15) is 0 Å². The normalized spacial score (nSPS) is 28.4. The Balaban J connectivity index is 1.48. The van der Waals surface area contributed by atoms with Gasteiger partial charge in [0.05, 0.1) is 5.69 Å². The topological polar surface area (TPSA) is 24.1 Å². The summed E-state index contributed by atoms with van der Waals surface area (Å²) in [5, 5.41) is 6.68. The molecule has 3 atom stereocenters. The molecule has 2 aliphatic carbocycles. The summed E-state index contributed by atoms with van der Waals surface area (Å²) in [6, 6.07) is 6.60. The van der Waals surface area contributed by atoms with Crippen LogP contribution in [0, 0.1) is 23.6 Å². The first-order valence-corrected chi connectivity index (χ1v) is 7.42. The van der Waals surface area contributed by atoms with E-state index in [2.05, 4.69) is 10.6 Å². The van der Waals surface area contributed by atoms with E-state index in [0.29, 0.717) is 10.8 Å². The molecule has 0 radical (unpaired) electrons. The first-order valence-electron chi connectivity index (χ1n) is 7.02. The van der Waals surface area contributed by atoms with Crippen LogP contribution in [0.2, 0.25) is 0 Å². The van der Waals surface area contributed by atoms with Gasteiger partial charge in [-0.1, -0.05) is 18.6 Å². The van der Waals surface area contributed by atoms with Crippen molar-refractivity contribution in [2.45, 2.75) is 25.7 Å². The molecule has 0 aliphatic heterocycles. The lowest BCUT2D eigenvalue weighted by molar-refractivity contribution is 0.332. The number of fused-ring (bicyclic) bond motifs is 2. The molecule has 0 heterocycles. The number of nitrogens with one attached hydrogen (secondary N) is 2. The fourth-order valence-corrected chi connectivity index (χ4v) is 3.77. The van der Waals surface area contributed by atoms with Crippen molar-refractivity contribution in [1.29, 1.82) is 0 Å². The largest absolute Gasteiger partial charge is 0.362 e. The van der Waals surface area contributed by atoms with Crippen molar-refractivity contribution in [1.82, 2.24) is 5.32 Å². The van der Waals surface area contributed by atoms with E-state index in [-0.39, 0.29) is 5.82 Å². The van der Waals surface area contributed by atoms with Crippen molar-refractivity contribution >= 4 is 23.0 Å². The molecule has 0 unspecified atom stereocenters. The third-order valence-corrected chi connectivity index (χ3v) is 4.78. The summed E-state index contributed by atoms with van der Waals surface area (Å²) in [5.41, 5.74) is 0.438. The first kappa shape index (κ1) is 12.9. The molecule has 3 rings (SSSR count). The van der Waals surface area contributed by atoms with Crippen LogP contribution >= 0.6 is 12.2 Å². The number of thiocarbonyl (C=S) groups is 1. The summed E-state index contributed by atoms with van der Waals surface area (Å²) in [6.45, 7) is 0.918. The fourth-order valence-electron chi connectivity index (χ4n) is 3.58. The molecular formula is C15H19FN2S. The minimum Gasteiger partial charge on any atom is -0.362 e. The Morgan fingerprint density at radius 1 is 1.26 bits per heavy atom. The molecule has 0 aromatic heterocycles. The van der Waals surface area contributed by atoms with Gasteiger partial charge in [-0.25, -0.2) is 4.39 Å². The highest BCUT2D eigenvalue weighted by molar-refractivity contribution is 7.80. The number of hydrogen-bond donors (Lipinski definition) is 2. The molecule has 2 N–H and O–H groups in total. The van der Waals surface area contributed by atoms with Crippen LogP contribution in [0.5, 0.6) is 0 Å². The van der Waals surface area contributed by atoms with Gasteiger partial charge in [-0.3, -0.25) is 0 Å². The van der Waals surface area contributed by atoms with Gasteiger partial charge in [0.25, 0.3) is 0 Å². The van der Waals surface area contributed by atoms with E-state index in [9.17, 15) is 4.39 Å². The van der Waals surface area contributed by atoms with E-state index in [1.807, 2.05) is 0 Å². The van der Waals surface area contributed by atoms with Gasteiger partial charge in [-0.15, -0.1) is 0 Å². The molecular weight excluding hydrogens is 259 g/mol.